The van der Waals surface area contributed by atoms with E-state index >= 15 is 0 Å². The van der Waals surface area contributed by atoms with Gasteiger partial charge in [-0.25, -0.2) is 0 Å². The normalized spacial score (nSPS) is 17.6. The standard InChI is InChI=1S/C38H46N6O2/c1-7-27-23-41-17-5-15-39-16-6-18-42-24-28-8-2-12-32-34-14-4-10-30(38(34)46-36(28)32)26-44-22-20-40-19-21-43-25-29-9-3-13-33-31(11-1)35(27)45-37(29)33/h1-4,7-14,39-44H,5-6,15-26H2. The Morgan fingerprint density at radius 2 is 0.609 bits per heavy atom. The Morgan fingerprint density at radius 3 is 0.978 bits per heavy atom. The minimum absolute atomic E-state index is 0.775. The molecule has 4 bridgehead atoms. The minimum Gasteiger partial charge on any atom is -0.455 e. The Morgan fingerprint density at radius 1 is 0.326 bits per heavy atom. The Labute approximate surface area is 270 Å². The third-order valence-corrected chi connectivity index (χ3v) is 9.01. The minimum atomic E-state index is 0.775. The van der Waals surface area contributed by atoms with Crippen molar-refractivity contribution >= 4 is 43.9 Å². The predicted octanol–water partition coefficient (Wildman–Crippen LogP) is 5.52. The summed E-state index contributed by atoms with van der Waals surface area (Å²) in [5.74, 6) is 0. The van der Waals surface area contributed by atoms with Crippen LogP contribution in [0.5, 0.6) is 0 Å². The Hall–Kier alpha value is -3.76. The maximum absolute atomic E-state index is 6.53. The Bertz CT molecular complexity index is 1760. The van der Waals surface area contributed by atoms with E-state index in [2.05, 4.69) is 105 Å². The molecule has 0 fully saturated rings. The molecule has 0 atom stereocenters. The van der Waals surface area contributed by atoms with E-state index < -0.39 is 0 Å². The van der Waals surface area contributed by atoms with Gasteiger partial charge in [0.25, 0.3) is 0 Å². The molecule has 0 amide bonds. The molecule has 7 rings (SSSR count). The van der Waals surface area contributed by atoms with Crippen molar-refractivity contribution in [3.8, 4) is 0 Å². The molecular formula is C38H46N6O2. The fourth-order valence-corrected chi connectivity index (χ4v) is 6.60. The molecule has 1 aliphatic rings. The zero-order valence-corrected chi connectivity index (χ0v) is 26.6. The molecule has 3 heterocycles. The summed E-state index contributed by atoms with van der Waals surface area (Å²) in [7, 11) is 0. The summed E-state index contributed by atoms with van der Waals surface area (Å²) < 4.78 is 13.1. The van der Waals surface area contributed by atoms with Crippen molar-refractivity contribution in [2.75, 3.05) is 52.4 Å². The number of nitrogens with one attached hydrogen (secondary N) is 6. The van der Waals surface area contributed by atoms with E-state index in [0.29, 0.717) is 0 Å². The summed E-state index contributed by atoms with van der Waals surface area (Å²) in [6.45, 7) is 10.7. The lowest BCUT2D eigenvalue weighted by atomic mass is 10.1. The second-order valence-corrected chi connectivity index (χ2v) is 12.3. The first-order valence-corrected chi connectivity index (χ1v) is 16.9. The average Bonchev–Trinajstić information content (AvgIpc) is 3.67. The third kappa shape index (κ3) is 6.98. The fourth-order valence-electron chi connectivity index (χ4n) is 6.60. The van der Waals surface area contributed by atoms with Crippen molar-refractivity contribution in [1.29, 1.82) is 0 Å². The molecular weight excluding hydrogens is 572 g/mol. The van der Waals surface area contributed by atoms with Gasteiger partial charge in [0.15, 0.2) is 0 Å². The quantitative estimate of drug-likeness (QED) is 0.133. The first kappa shape index (κ1) is 30.9. The van der Waals surface area contributed by atoms with Crippen LogP contribution in [0.1, 0.15) is 35.1 Å². The second kappa shape index (κ2) is 15.2. The van der Waals surface area contributed by atoms with Crippen LogP contribution in [0.3, 0.4) is 0 Å². The van der Waals surface area contributed by atoms with Crippen LogP contribution in [0.2, 0.25) is 0 Å². The first-order chi connectivity index (χ1) is 22.9. The van der Waals surface area contributed by atoms with E-state index in [1.807, 2.05) is 0 Å². The monoisotopic (exact) mass is 618 g/mol. The van der Waals surface area contributed by atoms with Gasteiger partial charge in [0, 0.05) is 96.2 Å². The van der Waals surface area contributed by atoms with E-state index in [-0.39, 0.29) is 0 Å². The molecule has 0 spiro atoms. The highest BCUT2D eigenvalue weighted by molar-refractivity contribution is 6.07. The van der Waals surface area contributed by atoms with E-state index in [4.69, 9.17) is 8.83 Å². The maximum Gasteiger partial charge on any atom is 0.139 e. The topological polar surface area (TPSA) is 98.5 Å². The number of rotatable bonds is 0. The molecule has 6 aromatic rings. The van der Waals surface area contributed by atoms with Gasteiger partial charge in [-0.1, -0.05) is 72.8 Å². The summed E-state index contributed by atoms with van der Waals surface area (Å²) in [5, 5.41) is 26.4. The molecule has 2 aromatic heterocycles. The van der Waals surface area contributed by atoms with Gasteiger partial charge < -0.3 is 40.7 Å². The predicted molar refractivity (Wildman–Crippen MR) is 189 cm³/mol. The molecule has 6 N–H and O–H groups in total. The van der Waals surface area contributed by atoms with Crippen molar-refractivity contribution in [2.24, 2.45) is 0 Å². The number of fused-ring (bicyclic) bond motifs is 2. The summed E-state index contributed by atoms with van der Waals surface area (Å²) in [6.07, 6.45) is 2.17. The number of hydrogen-bond acceptors (Lipinski definition) is 8. The summed E-state index contributed by atoms with van der Waals surface area (Å²) in [5.41, 5.74) is 8.79. The highest BCUT2D eigenvalue weighted by Crippen LogP contribution is 2.34. The number of furan rings is 2. The number of benzene rings is 4. The van der Waals surface area contributed by atoms with E-state index in [0.717, 1.165) is 114 Å². The van der Waals surface area contributed by atoms with Crippen molar-refractivity contribution in [2.45, 2.75) is 39.0 Å². The van der Waals surface area contributed by atoms with Crippen LogP contribution in [0.25, 0.3) is 43.9 Å². The summed E-state index contributed by atoms with van der Waals surface area (Å²) in [6, 6.07) is 26.0. The molecule has 0 aliphatic carbocycles. The molecule has 0 radical (unpaired) electrons. The molecule has 240 valence electrons. The zero-order valence-electron chi connectivity index (χ0n) is 26.6. The lowest BCUT2D eigenvalue weighted by molar-refractivity contribution is 0.561. The van der Waals surface area contributed by atoms with Crippen LogP contribution >= 0.6 is 0 Å². The van der Waals surface area contributed by atoms with Crippen LogP contribution in [0.4, 0.5) is 0 Å². The van der Waals surface area contributed by atoms with E-state index in [1.165, 1.54) is 43.8 Å². The van der Waals surface area contributed by atoms with Gasteiger partial charge in [-0.15, -0.1) is 0 Å². The van der Waals surface area contributed by atoms with Crippen molar-refractivity contribution in [3.05, 3.63) is 95.1 Å². The SMILES string of the molecule is c1cc2c3oc4c(cccc4c3c1)CNCCNCCNCc1cccc3c1oc1c(cccc13)CNCCCNCCCNC2. The van der Waals surface area contributed by atoms with Gasteiger partial charge in [-0.3, -0.25) is 0 Å². The van der Waals surface area contributed by atoms with Crippen molar-refractivity contribution in [1.82, 2.24) is 31.9 Å². The van der Waals surface area contributed by atoms with Crippen LogP contribution in [-0.2, 0) is 26.2 Å². The van der Waals surface area contributed by atoms with E-state index in [1.54, 1.807) is 0 Å². The molecule has 8 heteroatoms. The zero-order chi connectivity index (χ0) is 31.0. The molecule has 4 aromatic carbocycles. The van der Waals surface area contributed by atoms with Crippen molar-refractivity contribution < 1.29 is 8.83 Å². The lowest BCUT2D eigenvalue weighted by Crippen LogP contribution is -2.32. The molecule has 8 nitrogen and oxygen atoms in total. The summed E-state index contributed by atoms with van der Waals surface area (Å²) in [4.78, 5) is 0. The van der Waals surface area contributed by atoms with Gasteiger partial charge >= 0.3 is 0 Å². The van der Waals surface area contributed by atoms with Crippen molar-refractivity contribution in [3.63, 3.8) is 0 Å². The molecule has 1 aliphatic heterocycles. The lowest BCUT2D eigenvalue weighted by Gasteiger charge is -2.09. The first-order valence-electron chi connectivity index (χ1n) is 16.9. The largest absolute Gasteiger partial charge is 0.455 e. The molecule has 0 saturated heterocycles. The van der Waals surface area contributed by atoms with Gasteiger partial charge in [-0.05, 0) is 39.0 Å². The van der Waals surface area contributed by atoms with Crippen LogP contribution in [0, 0.1) is 0 Å². The molecule has 0 saturated carbocycles. The Balaban J connectivity index is 1.01. The van der Waals surface area contributed by atoms with Gasteiger partial charge in [-0.2, -0.15) is 0 Å². The van der Waals surface area contributed by atoms with Gasteiger partial charge in [0.1, 0.15) is 22.3 Å². The van der Waals surface area contributed by atoms with Crippen LogP contribution < -0.4 is 31.9 Å². The number of para-hydroxylation sites is 4. The molecule has 0 unspecified atom stereocenters. The Kier molecular flexibility index (Phi) is 10.2. The maximum atomic E-state index is 6.53. The highest BCUT2D eigenvalue weighted by atomic mass is 16.3. The fraction of sp³-hybridized carbons (Fsp3) is 0.368. The van der Waals surface area contributed by atoms with Crippen LogP contribution in [0.15, 0.2) is 81.6 Å². The smallest absolute Gasteiger partial charge is 0.139 e. The van der Waals surface area contributed by atoms with E-state index in [9.17, 15) is 0 Å². The van der Waals surface area contributed by atoms with Crippen LogP contribution in [-0.4, -0.2) is 52.4 Å². The third-order valence-electron chi connectivity index (χ3n) is 9.01. The summed E-state index contributed by atoms with van der Waals surface area (Å²) >= 11 is 0. The highest BCUT2D eigenvalue weighted by Gasteiger charge is 2.15. The van der Waals surface area contributed by atoms with Gasteiger partial charge in [0.2, 0.25) is 0 Å². The second-order valence-electron chi connectivity index (χ2n) is 12.3. The van der Waals surface area contributed by atoms with Gasteiger partial charge in [0.05, 0.1) is 0 Å². The molecule has 46 heavy (non-hydrogen) atoms. The number of hydrogen-bond donors (Lipinski definition) is 6. The average molecular weight is 619 g/mol.